The van der Waals surface area contributed by atoms with Gasteiger partial charge in [0.2, 0.25) is 0 Å². The number of aliphatic carboxylic acids is 1. The first-order valence-electron chi connectivity index (χ1n) is 6.41. The zero-order valence-corrected chi connectivity index (χ0v) is 10.7. The molecule has 0 radical (unpaired) electrons. The van der Waals surface area contributed by atoms with Crippen LogP contribution in [0.1, 0.15) is 18.4 Å². The Morgan fingerprint density at radius 3 is 2.83 bits per heavy atom. The van der Waals surface area contributed by atoms with Gasteiger partial charge in [0.25, 0.3) is 0 Å². The van der Waals surface area contributed by atoms with Crippen molar-refractivity contribution in [1.82, 2.24) is 10.2 Å². The van der Waals surface area contributed by atoms with E-state index in [4.69, 9.17) is 0 Å². The Morgan fingerprint density at radius 1 is 1.50 bits per heavy atom. The largest absolute Gasteiger partial charge is 0.481 e. The van der Waals surface area contributed by atoms with Crippen LogP contribution in [0.3, 0.4) is 0 Å². The zero-order chi connectivity index (χ0) is 13.0. The molecule has 0 aromatic heterocycles. The molecule has 98 valence electrons. The quantitative estimate of drug-likeness (QED) is 0.839. The van der Waals surface area contributed by atoms with Gasteiger partial charge in [0.15, 0.2) is 0 Å². The van der Waals surface area contributed by atoms with Gasteiger partial charge in [-0.1, -0.05) is 30.3 Å². The van der Waals surface area contributed by atoms with Gasteiger partial charge in [0.1, 0.15) is 0 Å². The summed E-state index contributed by atoms with van der Waals surface area (Å²) >= 11 is 0. The van der Waals surface area contributed by atoms with Crippen LogP contribution < -0.4 is 5.32 Å². The number of hydrogen-bond donors (Lipinski definition) is 2. The van der Waals surface area contributed by atoms with E-state index >= 15 is 0 Å². The van der Waals surface area contributed by atoms with E-state index in [-0.39, 0.29) is 0 Å². The highest BCUT2D eigenvalue weighted by Gasteiger charge is 2.26. The van der Waals surface area contributed by atoms with E-state index in [1.54, 1.807) is 0 Å². The van der Waals surface area contributed by atoms with Crippen molar-refractivity contribution in [3.05, 3.63) is 35.9 Å². The van der Waals surface area contributed by atoms with Crippen LogP contribution in [0.25, 0.3) is 0 Å². The summed E-state index contributed by atoms with van der Waals surface area (Å²) in [5.41, 5.74) is 0.885. The SMILES string of the molecule is C[C@@H]1CNCCN1CC(C(=O)O)c1ccccc1. The molecule has 1 aliphatic heterocycles. The highest BCUT2D eigenvalue weighted by Crippen LogP contribution is 2.19. The van der Waals surface area contributed by atoms with Crippen molar-refractivity contribution in [3.63, 3.8) is 0 Å². The van der Waals surface area contributed by atoms with Gasteiger partial charge < -0.3 is 10.4 Å². The van der Waals surface area contributed by atoms with E-state index in [0.29, 0.717) is 12.6 Å². The van der Waals surface area contributed by atoms with Crippen LogP contribution in [0, 0.1) is 0 Å². The van der Waals surface area contributed by atoms with Crippen molar-refractivity contribution in [2.45, 2.75) is 18.9 Å². The smallest absolute Gasteiger partial charge is 0.312 e. The van der Waals surface area contributed by atoms with Gasteiger partial charge in [-0.2, -0.15) is 0 Å². The predicted octanol–water partition coefficient (Wildman–Crippen LogP) is 1.15. The highest BCUT2D eigenvalue weighted by atomic mass is 16.4. The lowest BCUT2D eigenvalue weighted by atomic mass is 9.97. The average Bonchev–Trinajstić information content (AvgIpc) is 2.38. The molecular formula is C14H20N2O2. The number of carboxylic acids is 1. The van der Waals surface area contributed by atoms with Crippen LogP contribution in [0.2, 0.25) is 0 Å². The average molecular weight is 248 g/mol. The first kappa shape index (κ1) is 13.1. The molecule has 0 spiro atoms. The fourth-order valence-electron chi connectivity index (χ4n) is 2.40. The second-order valence-corrected chi connectivity index (χ2v) is 4.85. The van der Waals surface area contributed by atoms with E-state index in [9.17, 15) is 9.90 Å². The number of rotatable bonds is 4. The third-order valence-electron chi connectivity index (χ3n) is 3.56. The molecule has 1 aromatic carbocycles. The van der Waals surface area contributed by atoms with E-state index < -0.39 is 11.9 Å². The molecule has 1 fully saturated rings. The Bertz CT molecular complexity index is 394. The number of carboxylic acid groups (broad SMARTS) is 1. The Labute approximate surface area is 108 Å². The molecule has 18 heavy (non-hydrogen) atoms. The Hall–Kier alpha value is -1.39. The molecule has 4 nitrogen and oxygen atoms in total. The molecule has 4 heteroatoms. The molecular weight excluding hydrogens is 228 g/mol. The number of nitrogens with zero attached hydrogens (tertiary/aromatic N) is 1. The highest BCUT2D eigenvalue weighted by molar-refractivity contribution is 5.76. The van der Waals surface area contributed by atoms with Crippen molar-refractivity contribution < 1.29 is 9.90 Å². The molecule has 0 amide bonds. The molecule has 2 N–H and O–H groups in total. The summed E-state index contributed by atoms with van der Waals surface area (Å²) in [6.07, 6.45) is 0. The molecule has 1 heterocycles. The number of benzene rings is 1. The number of carbonyl (C=O) groups is 1. The van der Waals surface area contributed by atoms with Crippen LogP contribution >= 0.6 is 0 Å². The van der Waals surface area contributed by atoms with Crippen molar-refractivity contribution in [2.24, 2.45) is 0 Å². The fraction of sp³-hybridized carbons (Fsp3) is 0.500. The Kier molecular flexibility index (Phi) is 4.33. The molecule has 1 aromatic rings. The summed E-state index contributed by atoms with van der Waals surface area (Å²) < 4.78 is 0. The van der Waals surface area contributed by atoms with E-state index in [0.717, 1.165) is 25.2 Å². The van der Waals surface area contributed by atoms with E-state index in [2.05, 4.69) is 17.1 Å². The summed E-state index contributed by atoms with van der Waals surface area (Å²) in [6.45, 7) is 5.50. The van der Waals surface area contributed by atoms with Crippen molar-refractivity contribution in [2.75, 3.05) is 26.2 Å². The maximum absolute atomic E-state index is 11.4. The van der Waals surface area contributed by atoms with Gasteiger partial charge >= 0.3 is 5.97 Å². The van der Waals surface area contributed by atoms with Gasteiger partial charge in [0.05, 0.1) is 5.92 Å². The minimum Gasteiger partial charge on any atom is -0.481 e. The zero-order valence-electron chi connectivity index (χ0n) is 10.7. The molecule has 2 rings (SSSR count). The summed E-state index contributed by atoms with van der Waals surface area (Å²) in [4.78, 5) is 13.7. The van der Waals surface area contributed by atoms with Gasteiger partial charge in [-0.05, 0) is 12.5 Å². The van der Waals surface area contributed by atoms with Crippen molar-refractivity contribution >= 4 is 5.97 Å². The second kappa shape index (κ2) is 5.98. The molecule has 0 aliphatic carbocycles. The lowest BCUT2D eigenvalue weighted by molar-refractivity contribution is -0.139. The first-order valence-corrected chi connectivity index (χ1v) is 6.41. The van der Waals surface area contributed by atoms with Crippen LogP contribution in [0.15, 0.2) is 30.3 Å². The monoisotopic (exact) mass is 248 g/mol. The summed E-state index contributed by atoms with van der Waals surface area (Å²) in [7, 11) is 0. The summed E-state index contributed by atoms with van der Waals surface area (Å²) in [5, 5.41) is 12.7. The summed E-state index contributed by atoms with van der Waals surface area (Å²) in [5.74, 6) is -1.18. The maximum atomic E-state index is 11.4. The van der Waals surface area contributed by atoms with Crippen LogP contribution in [-0.2, 0) is 4.79 Å². The topological polar surface area (TPSA) is 52.6 Å². The Morgan fingerprint density at radius 2 is 2.22 bits per heavy atom. The first-order chi connectivity index (χ1) is 8.68. The number of hydrogen-bond acceptors (Lipinski definition) is 3. The normalized spacial score (nSPS) is 22.6. The van der Waals surface area contributed by atoms with Crippen LogP contribution in [0.4, 0.5) is 0 Å². The van der Waals surface area contributed by atoms with Gasteiger partial charge in [-0.15, -0.1) is 0 Å². The minimum atomic E-state index is -0.744. The van der Waals surface area contributed by atoms with Crippen LogP contribution in [0.5, 0.6) is 0 Å². The summed E-state index contributed by atoms with van der Waals surface area (Å²) in [6, 6.07) is 9.89. The van der Waals surface area contributed by atoms with Gasteiger partial charge in [-0.3, -0.25) is 9.69 Å². The molecule has 2 atom stereocenters. The van der Waals surface area contributed by atoms with Gasteiger partial charge in [-0.25, -0.2) is 0 Å². The molecule has 1 saturated heterocycles. The number of nitrogens with one attached hydrogen (secondary N) is 1. The molecule has 0 saturated carbocycles. The van der Waals surface area contributed by atoms with Crippen LogP contribution in [-0.4, -0.2) is 48.2 Å². The molecule has 0 bridgehead atoms. The molecule has 1 unspecified atom stereocenters. The third kappa shape index (κ3) is 3.09. The Balaban J connectivity index is 2.09. The molecule has 1 aliphatic rings. The standard InChI is InChI=1S/C14H20N2O2/c1-11-9-15-7-8-16(11)10-13(14(17)18)12-5-3-2-4-6-12/h2-6,11,13,15H,7-10H2,1H3,(H,17,18)/t11-,13?/m1/s1. The fourth-order valence-corrected chi connectivity index (χ4v) is 2.40. The van der Waals surface area contributed by atoms with Crippen molar-refractivity contribution in [3.8, 4) is 0 Å². The predicted molar refractivity (Wildman–Crippen MR) is 70.7 cm³/mol. The lowest BCUT2D eigenvalue weighted by Crippen LogP contribution is -2.51. The second-order valence-electron chi connectivity index (χ2n) is 4.85. The third-order valence-corrected chi connectivity index (χ3v) is 3.56. The number of piperazine rings is 1. The van der Waals surface area contributed by atoms with E-state index in [1.165, 1.54) is 0 Å². The minimum absolute atomic E-state index is 0.393. The van der Waals surface area contributed by atoms with E-state index in [1.807, 2.05) is 30.3 Å². The maximum Gasteiger partial charge on any atom is 0.312 e. The van der Waals surface area contributed by atoms with Gasteiger partial charge in [0, 0.05) is 32.2 Å². The van der Waals surface area contributed by atoms with Crippen molar-refractivity contribution in [1.29, 1.82) is 0 Å². The lowest BCUT2D eigenvalue weighted by Gasteiger charge is -2.35.